The highest BCUT2D eigenvalue weighted by Gasteiger charge is 2.06. The Balaban J connectivity index is 1.97. The predicted molar refractivity (Wildman–Crippen MR) is 73.7 cm³/mol. The Morgan fingerprint density at radius 3 is 2.71 bits per heavy atom. The largest absolute Gasteiger partial charge is 0.473 e. The Kier molecular flexibility index (Phi) is 5.05. The van der Waals surface area contributed by atoms with Gasteiger partial charge in [-0.1, -0.05) is 22.8 Å². The predicted octanol–water partition coefficient (Wildman–Crippen LogP) is 3.51. The highest BCUT2D eigenvalue weighted by Crippen LogP contribution is 2.14. The van der Waals surface area contributed by atoms with Crippen molar-refractivity contribution in [1.29, 1.82) is 0 Å². The van der Waals surface area contributed by atoms with Crippen LogP contribution in [0, 0.1) is 11.6 Å². The molecule has 7 heteroatoms. The number of oxime groups is 1. The van der Waals surface area contributed by atoms with Crippen molar-refractivity contribution in [1.82, 2.24) is 4.98 Å². The molecule has 0 aliphatic rings. The van der Waals surface area contributed by atoms with E-state index in [0.29, 0.717) is 5.88 Å². The van der Waals surface area contributed by atoms with Crippen LogP contribution in [0.25, 0.3) is 0 Å². The van der Waals surface area contributed by atoms with Gasteiger partial charge in [-0.05, 0) is 17.7 Å². The standard InChI is InChI=1S/C14H11ClF2N2O2/c15-13(19-20)5-9-1-4-14(18-7-9)21-8-10-2-3-11(16)6-12(10)17/h1-4,6-7,20H,5,8H2. The molecule has 1 aromatic heterocycles. The highest BCUT2D eigenvalue weighted by molar-refractivity contribution is 6.65. The second-order valence-electron chi connectivity index (χ2n) is 4.18. The van der Waals surface area contributed by atoms with Crippen LogP contribution in [0.3, 0.4) is 0 Å². The summed E-state index contributed by atoms with van der Waals surface area (Å²) < 4.78 is 31.5. The summed E-state index contributed by atoms with van der Waals surface area (Å²) in [6.45, 7) is -0.0582. The first kappa shape index (κ1) is 15.2. The number of halogens is 3. The average Bonchev–Trinajstić information content (AvgIpc) is 2.48. The van der Waals surface area contributed by atoms with Gasteiger partial charge in [0.15, 0.2) is 0 Å². The fourth-order valence-electron chi connectivity index (χ4n) is 1.60. The van der Waals surface area contributed by atoms with Crippen molar-refractivity contribution in [3.63, 3.8) is 0 Å². The lowest BCUT2D eigenvalue weighted by molar-refractivity contribution is 0.287. The lowest BCUT2D eigenvalue weighted by atomic mass is 10.2. The van der Waals surface area contributed by atoms with Crippen molar-refractivity contribution >= 4 is 16.8 Å². The minimum atomic E-state index is -0.669. The van der Waals surface area contributed by atoms with Gasteiger partial charge in [0, 0.05) is 30.3 Å². The van der Waals surface area contributed by atoms with Crippen LogP contribution in [-0.4, -0.2) is 15.4 Å². The third kappa shape index (κ3) is 4.39. The van der Waals surface area contributed by atoms with Crippen LogP contribution in [0.4, 0.5) is 8.78 Å². The van der Waals surface area contributed by atoms with E-state index in [1.807, 2.05) is 0 Å². The summed E-state index contributed by atoms with van der Waals surface area (Å²) in [4.78, 5) is 4.01. The van der Waals surface area contributed by atoms with Crippen LogP contribution < -0.4 is 4.74 Å². The van der Waals surface area contributed by atoms with E-state index in [1.54, 1.807) is 12.1 Å². The quantitative estimate of drug-likeness (QED) is 0.522. The smallest absolute Gasteiger partial charge is 0.213 e. The lowest BCUT2D eigenvalue weighted by Gasteiger charge is -2.07. The molecular weight excluding hydrogens is 302 g/mol. The molecule has 0 spiro atoms. The first-order chi connectivity index (χ1) is 10.1. The van der Waals surface area contributed by atoms with Gasteiger partial charge in [0.2, 0.25) is 5.88 Å². The summed E-state index contributed by atoms with van der Waals surface area (Å²) in [6, 6.07) is 6.55. The summed E-state index contributed by atoms with van der Waals surface area (Å²) in [5.74, 6) is -1.02. The number of nitrogens with zero attached hydrogens (tertiary/aromatic N) is 2. The van der Waals surface area contributed by atoms with E-state index < -0.39 is 11.6 Å². The van der Waals surface area contributed by atoms with Gasteiger partial charge in [0.25, 0.3) is 0 Å². The molecule has 0 radical (unpaired) electrons. The molecule has 0 amide bonds. The Hall–Kier alpha value is -2.21. The SMILES string of the molecule is ON=C(Cl)Cc1ccc(OCc2ccc(F)cc2F)nc1. The third-order valence-electron chi connectivity index (χ3n) is 2.65. The average molecular weight is 313 g/mol. The molecule has 1 aromatic carbocycles. The first-order valence-corrected chi connectivity index (χ1v) is 6.34. The molecular formula is C14H11ClF2N2O2. The second-order valence-corrected chi connectivity index (χ2v) is 4.62. The Bertz CT molecular complexity index is 648. The molecule has 0 unspecified atom stereocenters. The van der Waals surface area contributed by atoms with Crippen LogP contribution in [0.1, 0.15) is 11.1 Å². The van der Waals surface area contributed by atoms with Crippen molar-refractivity contribution in [2.24, 2.45) is 5.16 Å². The van der Waals surface area contributed by atoms with Crippen molar-refractivity contribution < 1.29 is 18.7 Å². The summed E-state index contributed by atoms with van der Waals surface area (Å²) in [6.07, 6.45) is 1.75. The van der Waals surface area contributed by atoms with Crippen LogP contribution in [-0.2, 0) is 13.0 Å². The molecule has 0 atom stereocenters. The molecule has 110 valence electrons. The maximum atomic E-state index is 13.4. The summed E-state index contributed by atoms with van der Waals surface area (Å²) >= 11 is 5.58. The number of ether oxygens (including phenoxy) is 1. The third-order valence-corrected chi connectivity index (χ3v) is 2.86. The highest BCUT2D eigenvalue weighted by atomic mass is 35.5. The maximum Gasteiger partial charge on any atom is 0.213 e. The molecule has 0 aliphatic carbocycles. The molecule has 1 N–H and O–H groups in total. The molecule has 0 saturated carbocycles. The molecule has 21 heavy (non-hydrogen) atoms. The summed E-state index contributed by atoms with van der Waals surface area (Å²) in [5, 5.41) is 11.3. The summed E-state index contributed by atoms with van der Waals surface area (Å²) in [5.41, 5.74) is 0.968. The number of hydrogen-bond donors (Lipinski definition) is 1. The van der Waals surface area contributed by atoms with Gasteiger partial charge >= 0.3 is 0 Å². The lowest BCUT2D eigenvalue weighted by Crippen LogP contribution is -2.01. The number of benzene rings is 1. The van der Waals surface area contributed by atoms with Gasteiger partial charge < -0.3 is 9.94 Å². The minimum absolute atomic E-state index is 0.0406. The molecule has 0 bridgehead atoms. The number of pyridine rings is 1. The molecule has 2 aromatic rings. The van der Waals surface area contributed by atoms with Crippen molar-refractivity contribution in [2.75, 3.05) is 0 Å². The second kappa shape index (κ2) is 6.99. The van der Waals surface area contributed by atoms with Crippen molar-refractivity contribution in [3.05, 3.63) is 59.3 Å². The number of hydrogen-bond acceptors (Lipinski definition) is 4. The van der Waals surface area contributed by atoms with Crippen molar-refractivity contribution in [3.8, 4) is 5.88 Å². The van der Waals surface area contributed by atoms with Crippen LogP contribution in [0.2, 0.25) is 0 Å². The van der Waals surface area contributed by atoms with Crippen molar-refractivity contribution in [2.45, 2.75) is 13.0 Å². The molecule has 0 saturated heterocycles. The van der Waals surface area contributed by atoms with E-state index >= 15 is 0 Å². The van der Waals surface area contributed by atoms with Gasteiger partial charge in [-0.15, -0.1) is 0 Å². The summed E-state index contributed by atoms with van der Waals surface area (Å²) in [7, 11) is 0. The molecule has 4 nitrogen and oxygen atoms in total. The van der Waals surface area contributed by atoms with E-state index in [2.05, 4.69) is 10.1 Å². The van der Waals surface area contributed by atoms with Gasteiger partial charge in [-0.3, -0.25) is 0 Å². The molecule has 1 heterocycles. The molecule has 0 aliphatic heterocycles. The monoisotopic (exact) mass is 312 g/mol. The maximum absolute atomic E-state index is 13.4. The zero-order valence-corrected chi connectivity index (χ0v) is 11.5. The normalized spacial score (nSPS) is 11.5. The fraction of sp³-hybridized carbons (Fsp3) is 0.143. The van der Waals surface area contributed by atoms with Gasteiger partial charge in [0.05, 0.1) is 0 Å². The Labute approximate surface area is 124 Å². The van der Waals surface area contributed by atoms with E-state index in [9.17, 15) is 8.78 Å². The zero-order valence-electron chi connectivity index (χ0n) is 10.8. The zero-order chi connectivity index (χ0) is 15.2. The van der Waals surface area contributed by atoms with Crippen LogP contribution in [0.15, 0.2) is 41.7 Å². The van der Waals surface area contributed by atoms with E-state index in [0.717, 1.165) is 17.7 Å². The van der Waals surface area contributed by atoms with E-state index in [1.165, 1.54) is 12.3 Å². The fourth-order valence-corrected chi connectivity index (χ4v) is 1.75. The van der Waals surface area contributed by atoms with E-state index in [4.69, 9.17) is 21.5 Å². The molecule has 2 rings (SSSR count). The minimum Gasteiger partial charge on any atom is -0.473 e. The van der Waals surface area contributed by atoms with Gasteiger partial charge in [-0.2, -0.15) is 0 Å². The first-order valence-electron chi connectivity index (χ1n) is 5.96. The number of aromatic nitrogens is 1. The topological polar surface area (TPSA) is 54.7 Å². The Morgan fingerprint density at radius 2 is 2.10 bits per heavy atom. The van der Waals surface area contributed by atoms with Crippen LogP contribution in [0.5, 0.6) is 5.88 Å². The molecule has 0 fully saturated rings. The number of rotatable bonds is 5. The van der Waals surface area contributed by atoms with Gasteiger partial charge in [0.1, 0.15) is 23.4 Å². The van der Waals surface area contributed by atoms with Gasteiger partial charge in [-0.25, -0.2) is 13.8 Å². The van der Waals surface area contributed by atoms with Crippen LogP contribution >= 0.6 is 11.6 Å². The Morgan fingerprint density at radius 1 is 1.29 bits per heavy atom. The van der Waals surface area contributed by atoms with E-state index in [-0.39, 0.29) is 23.8 Å².